The highest BCUT2D eigenvalue weighted by molar-refractivity contribution is 5.87. The normalized spacial score (nSPS) is 23.2. The third-order valence-electron chi connectivity index (χ3n) is 3.36. The number of urea groups is 1. The molecule has 0 aromatic carbocycles. The van der Waals surface area contributed by atoms with Crippen molar-refractivity contribution in [2.24, 2.45) is 0 Å². The molecule has 1 aliphatic heterocycles. The van der Waals surface area contributed by atoms with Crippen molar-refractivity contribution >= 4 is 12.0 Å². The minimum absolute atomic E-state index is 0.189. The summed E-state index contributed by atoms with van der Waals surface area (Å²) in [5, 5.41) is 9.34. The predicted octanol–water partition coefficient (Wildman–Crippen LogP) is 1.00. The van der Waals surface area contributed by atoms with Gasteiger partial charge in [-0.25, -0.2) is 9.59 Å². The SMILES string of the molecule is C#CCN(C)C(=O)N1CCCC1(CC)C(=O)O. The highest BCUT2D eigenvalue weighted by atomic mass is 16.4. The van der Waals surface area contributed by atoms with Crippen molar-refractivity contribution in [3.05, 3.63) is 0 Å². The van der Waals surface area contributed by atoms with E-state index in [1.54, 1.807) is 14.0 Å². The lowest BCUT2D eigenvalue weighted by Crippen LogP contribution is -2.55. The van der Waals surface area contributed by atoms with Crippen LogP contribution in [0.3, 0.4) is 0 Å². The number of hydrogen-bond acceptors (Lipinski definition) is 2. The molecule has 1 atom stereocenters. The van der Waals surface area contributed by atoms with Crippen LogP contribution in [0.25, 0.3) is 0 Å². The average Bonchev–Trinajstić information content (AvgIpc) is 2.73. The Morgan fingerprint density at radius 2 is 2.24 bits per heavy atom. The average molecular weight is 238 g/mol. The standard InChI is InChI=1S/C12H18N2O3/c1-4-8-13(3)11(17)14-9-6-7-12(14,5-2)10(15)16/h1H,5-9H2,2-3H3,(H,15,16). The zero-order valence-electron chi connectivity index (χ0n) is 10.3. The Hall–Kier alpha value is -1.70. The summed E-state index contributed by atoms with van der Waals surface area (Å²) in [6.07, 6.45) is 6.79. The van der Waals surface area contributed by atoms with E-state index in [2.05, 4.69) is 5.92 Å². The summed E-state index contributed by atoms with van der Waals surface area (Å²) in [5.74, 6) is 1.45. The molecule has 1 unspecified atom stereocenters. The quantitative estimate of drug-likeness (QED) is 0.746. The number of carbonyl (C=O) groups excluding carboxylic acids is 1. The third-order valence-corrected chi connectivity index (χ3v) is 3.36. The number of hydrogen-bond donors (Lipinski definition) is 1. The summed E-state index contributed by atoms with van der Waals surface area (Å²) >= 11 is 0. The molecule has 1 aliphatic rings. The molecule has 0 aromatic rings. The van der Waals surface area contributed by atoms with Crippen molar-refractivity contribution in [3.8, 4) is 12.3 Å². The van der Waals surface area contributed by atoms with Crippen molar-refractivity contribution in [2.75, 3.05) is 20.1 Å². The van der Waals surface area contributed by atoms with Crippen LogP contribution in [0.15, 0.2) is 0 Å². The number of rotatable bonds is 3. The molecule has 1 N–H and O–H groups in total. The Morgan fingerprint density at radius 3 is 2.71 bits per heavy atom. The van der Waals surface area contributed by atoms with Crippen molar-refractivity contribution in [1.82, 2.24) is 9.80 Å². The molecule has 1 saturated heterocycles. The molecule has 1 rings (SSSR count). The number of likely N-dealkylation sites (tertiary alicyclic amines) is 1. The smallest absolute Gasteiger partial charge is 0.329 e. The maximum Gasteiger partial charge on any atom is 0.329 e. The summed E-state index contributed by atoms with van der Waals surface area (Å²) in [4.78, 5) is 26.3. The van der Waals surface area contributed by atoms with Crippen LogP contribution in [0.5, 0.6) is 0 Å². The molecule has 0 spiro atoms. The molecule has 94 valence electrons. The van der Waals surface area contributed by atoms with Gasteiger partial charge in [0.25, 0.3) is 0 Å². The number of carboxylic acids is 1. The van der Waals surface area contributed by atoms with Gasteiger partial charge in [0.05, 0.1) is 6.54 Å². The molecule has 5 nitrogen and oxygen atoms in total. The van der Waals surface area contributed by atoms with Crippen LogP contribution in [0.1, 0.15) is 26.2 Å². The number of carbonyl (C=O) groups is 2. The Kier molecular flexibility index (Phi) is 4.00. The van der Waals surface area contributed by atoms with Gasteiger partial charge >= 0.3 is 12.0 Å². The molecule has 1 heterocycles. The topological polar surface area (TPSA) is 60.9 Å². The molecule has 17 heavy (non-hydrogen) atoms. The minimum Gasteiger partial charge on any atom is -0.479 e. The van der Waals surface area contributed by atoms with E-state index in [0.29, 0.717) is 19.4 Å². The fourth-order valence-corrected chi connectivity index (χ4v) is 2.31. The van der Waals surface area contributed by atoms with Crippen molar-refractivity contribution in [2.45, 2.75) is 31.7 Å². The number of carboxylic acid groups (broad SMARTS) is 1. The van der Waals surface area contributed by atoms with E-state index >= 15 is 0 Å². The van der Waals surface area contributed by atoms with E-state index in [-0.39, 0.29) is 12.6 Å². The van der Waals surface area contributed by atoms with Gasteiger partial charge in [0.15, 0.2) is 0 Å². The number of amides is 2. The lowest BCUT2D eigenvalue weighted by molar-refractivity contribution is -0.148. The zero-order chi connectivity index (χ0) is 13.1. The first kappa shape index (κ1) is 13.4. The van der Waals surface area contributed by atoms with Crippen LogP contribution in [0.2, 0.25) is 0 Å². The van der Waals surface area contributed by atoms with Crippen molar-refractivity contribution in [1.29, 1.82) is 0 Å². The van der Waals surface area contributed by atoms with Crippen molar-refractivity contribution < 1.29 is 14.7 Å². The highest BCUT2D eigenvalue weighted by Gasteiger charge is 2.49. The largest absolute Gasteiger partial charge is 0.479 e. The molecule has 0 saturated carbocycles. The van der Waals surface area contributed by atoms with Crippen LogP contribution in [0.4, 0.5) is 4.79 Å². The van der Waals surface area contributed by atoms with Gasteiger partial charge in [0.2, 0.25) is 0 Å². The van der Waals surface area contributed by atoms with Crippen LogP contribution in [0, 0.1) is 12.3 Å². The third kappa shape index (κ3) is 2.21. The Labute approximate surface area is 101 Å². The zero-order valence-corrected chi connectivity index (χ0v) is 10.3. The van der Waals surface area contributed by atoms with Crippen LogP contribution in [-0.4, -0.2) is 52.6 Å². The summed E-state index contributed by atoms with van der Waals surface area (Å²) < 4.78 is 0. The van der Waals surface area contributed by atoms with E-state index < -0.39 is 11.5 Å². The summed E-state index contributed by atoms with van der Waals surface area (Å²) in [6, 6.07) is -0.301. The summed E-state index contributed by atoms with van der Waals surface area (Å²) in [6.45, 7) is 2.46. The molecule has 1 fully saturated rings. The van der Waals surface area contributed by atoms with Crippen LogP contribution >= 0.6 is 0 Å². The maximum atomic E-state index is 12.1. The Bertz CT molecular complexity index is 361. The molecule has 0 aromatic heterocycles. The Balaban J connectivity index is 2.93. The highest BCUT2D eigenvalue weighted by Crippen LogP contribution is 2.33. The van der Waals surface area contributed by atoms with Gasteiger partial charge < -0.3 is 14.9 Å². The Morgan fingerprint density at radius 1 is 1.59 bits per heavy atom. The van der Waals surface area contributed by atoms with Gasteiger partial charge in [-0.05, 0) is 19.3 Å². The van der Waals surface area contributed by atoms with Crippen LogP contribution < -0.4 is 0 Å². The predicted molar refractivity (Wildman–Crippen MR) is 63.5 cm³/mol. The van der Waals surface area contributed by atoms with E-state index in [1.807, 2.05) is 0 Å². The fourth-order valence-electron chi connectivity index (χ4n) is 2.31. The number of nitrogens with zero attached hydrogens (tertiary/aromatic N) is 2. The second-order valence-corrected chi connectivity index (χ2v) is 4.29. The number of terminal acetylenes is 1. The van der Waals surface area contributed by atoms with Gasteiger partial charge in [0.1, 0.15) is 5.54 Å². The number of aliphatic carboxylic acids is 1. The van der Waals surface area contributed by atoms with Crippen molar-refractivity contribution in [3.63, 3.8) is 0 Å². The second-order valence-electron chi connectivity index (χ2n) is 4.29. The van der Waals surface area contributed by atoms with E-state index in [0.717, 1.165) is 6.42 Å². The van der Waals surface area contributed by atoms with E-state index in [1.165, 1.54) is 9.80 Å². The molecule has 0 radical (unpaired) electrons. The van der Waals surface area contributed by atoms with Gasteiger partial charge in [-0.1, -0.05) is 12.8 Å². The lowest BCUT2D eigenvalue weighted by Gasteiger charge is -2.36. The van der Waals surface area contributed by atoms with E-state index in [9.17, 15) is 14.7 Å². The lowest BCUT2D eigenvalue weighted by atomic mass is 9.93. The first-order valence-corrected chi connectivity index (χ1v) is 5.69. The molecular weight excluding hydrogens is 220 g/mol. The first-order valence-electron chi connectivity index (χ1n) is 5.69. The first-order chi connectivity index (χ1) is 7.99. The fraction of sp³-hybridized carbons (Fsp3) is 0.667. The van der Waals surface area contributed by atoms with Gasteiger partial charge in [0, 0.05) is 13.6 Å². The molecule has 0 bridgehead atoms. The minimum atomic E-state index is -1.06. The maximum absolute atomic E-state index is 12.1. The molecule has 0 aliphatic carbocycles. The second kappa shape index (κ2) is 5.09. The van der Waals surface area contributed by atoms with Gasteiger partial charge in [-0.15, -0.1) is 6.42 Å². The summed E-state index contributed by atoms with van der Waals surface area (Å²) in [7, 11) is 1.59. The van der Waals surface area contributed by atoms with Gasteiger partial charge in [-0.2, -0.15) is 0 Å². The van der Waals surface area contributed by atoms with E-state index in [4.69, 9.17) is 6.42 Å². The monoisotopic (exact) mass is 238 g/mol. The van der Waals surface area contributed by atoms with Gasteiger partial charge in [-0.3, -0.25) is 0 Å². The molecule has 2 amide bonds. The molecule has 5 heteroatoms. The van der Waals surface area contributed by atoms with Crippen LogP contribution in [-0.2, 0) is 4.79 Å². The molecular formula is C12H18N2O3. The summed E-state index contributed by atoms with van der Waals surface area (Å²) in [5.41, 5.74) is -1.06.